The van der Waals surface area contributed by atoms with Gasteiger partial charge in [0.1, 0.15) is 0 Å². The molecule has 128 valence electrons. The molecular weight excluding hydrogens is 290 g/mol. The van der Waals surface area contributed by atoms with Crippen LogP contribution in [0.25, 0.3) is 0 Å². The number of hydrogen-bond donors (Lipinski definition) is 2. The second-order valence-corrected chi connectivity index (χ2v) is 6.48. The van der Waals surface area contributed by atoms with Gasteiger partial charge in [-0.1, -0.05) is 0 Å². The first-order chi connectivity index (χ1) is 11.0. The molecule has 1 amide bonds. The van der Waals surface area contributed by atoms with Gasteiger partial charge in [0.2, 0.25) is 5.91 Å². The van der Waals surface area contributed by atoms with Crippen LogP contribution in [-0.4, -0.2) is 54.2 Å². The van der Waals surface area contributed by atoms with Crippen molar-refractivity contribution in [3.63, 3.8) is 0 Å². The Hall–Kier alpha value is -1.59. The molecule has 0 bridgehead atoms. The molecule has 23 heavy (non-hydrogen) atoms. The van der Waals surface area contributed by atoms with E-state index in [1.807, 2.05) is 12.1 Å². The van der Waals surface area contributed by atoms with Gasteiger partial charge >= 0.3 is 0 Å². The van der Waals surface area contributed by atoms with E-state index in [9.17, 15) is 9.90 Å². The molecule has 2 N–H and O–H groups in total. The van der Waals surface area contributed by atoms with Gasteiger partial charge in [-0.2, -0.15) is 0 Å². The summed E-state index contributed by atoms with van der Waals surface area (Å²) in [6.45, 7) is 9.42. The van der Waals surface area contributed by atoms with Gasteiger partial charge in [0.25, 0.3) is 0 Å². The molecule has 1 fully saturated rings. The largest absolute Gasteiger partial charge is 0.393 e. The van der Waals surface area contributed by atoms with Crippen molar-refractivity contribution in [2.75, 3.05) is 36.4 Å². The topological polar surface area (TPSA) is 55.8 Å². The van der Waals surface area contributed by atoms with Crippen molar-refractivity contribution in [2.24, 2.45) is 0 Å². The van der Waals surface area contributed by atoms with E-state index in [1.54, 1.807) is 0 Å². The number of aliphatic hydroxyl groups is 1. The number of rotatable bonds is 6. The zero-order chi connectivity index (χ0) is 16.8. The normalized spacial score (nSPS) is 16.6. The second kappa shape index (κ2) is 8.31. The Morgan fingerprint density at radius 1 is 1.30 bits per heavy atom. The summed E-state index contributed by atoms with van der Waals surface area (Å²) in [6, 6.07) is 8.47. The van der Waals surface area contributed by atoms with Gasteiger partial charge in [-0.05, 0) is 57.9 Å². The molecule has 0 saturated carbocycles. The molecule has 5 heteroatoms. The molecule has 0 unspecified atom stereocenters. The molecule has 1 aromatic carbocycles. The highest BCUT2D eigenvalue weighted by Gasteiger charge is 2.19. The van der Waals surface area contributed by atoms with Gasteiger partial charge in [-0.25, -0.2) is 0 Å². The van der Waals surface area contributed by atoms with Crippen LogP contribution in [-0.2, 0) is 4.79 Å². The van der Waals surface area contributed by atoms with Crippen molar-refractivity contribution in [2.45, 2.75) is 45.8 Å². The fourth-order valence-electron chi connectivity index (χ4n) is 3.06. The summed E-state index contributed by atoms with van der Waals surface area (Å²) in [5.74, 6) is 0.00495. The maximum Gasteiger partial charge on any atom is 0.238 e. The quantitative estimate of drug-likeness (QED) is 0.845. The monoisotopic (exact) mass is 319 g/mol. The zero-order valence-electron chi connectivity index (χ0n) is 14.5. The number of nitrogens with one attached hydrogen (secondary N) is 1. The van der Waals surface area contributed by atoms with E-state index >= 15 is 0 Å². The first-order valence-corrected chi connectivity index (χ1v) is 8.56. The number of carbonyl (C=O) groups excluding carboxylic acids is 1. The lowest BCUT2D eigenvalue weighted by Crippen LogP contribution is -2.40. The van der Waals surface area contributed by atoms with Gasteiger partial charge in [0.15, 0.2) is 0 Å². The number of anilines is 2. The number of nitrogens with zero attached hydrogens (tertiary/aromatic N) is 2. The minimum atomic E-state index is -0.204. The molecule has 1 aromatic rings. The van der Waals surface area contributed by atoms with Gasteiger partial charge in [0.05, 0.1) is 12.6 Å². The number of aliphatic hydroxyl groups excluding tert-OH is 1. The van der Waals surface area contributed by atoms with Crippen LogP contribution in [0.1, 0.15) is 33.6 Å². The maximum absolute atomic E-state index is 12.1. The van der Waals surface area contributed by atoms with Crippen molar-refractivity contribution < 1.29 is 9.90 Å². The van der Waals surface area contributed by atoms with Crippen molar-refractivity contribution in [1.29, 1.82) is 0 Å². The third-order valence-electron chi connectivity index (χ3n) is 4.37. The van der Waals surface area contributed by atoms with Gasteiger partial charge in [-0.15, -0.1) is 0 Å². The summed E-state index contributed by atoms with van der Waals surface area (Å²) in [4.78, 5) is 16.5. The first kappa shape index (κ1) is 17.8. The van der Waals surface area contributed by atoms with E-state index in [0.29, 0.717) is 12.6 Å². The van der Waals surface area contributed by atoms with Crippen molar-refractivity contribution in [3.05, 3.63) is 24.3 Å². The van der Waals surface area contributed by atoms with E-state index in [4.69, 9.17) is 0 Å². The molecular formula is C18H29N3O2. The van der Waals surface area contributed by atoms with Gasteiger partial charge in [-0.3, -0.25) is 9.69 Å². The van der Waals surface area contributed by atoms with Crippen LogP contribution in [0.5, 0.6) is 0 Å². The Bertz CT molecular complexity index is 493. The summed E-state index contributed by atoms with van der Waals surface area (Å²) in [7, 11) is 0. The molecule has 0 radical (unpaired) electrons. The van der Waals surface area contributed by atoms with Crippen molar-refractivity contribution in [1.82, 2.24) is 4.90 Å². The predicted molar refractivity (Wildman–Crippen MR) is 94.9 cm³/mol. The minimum Gasteiger partial charge on any atom is -0.393 e. The molecule has 1 saturated heterocycles. The molecule has 5 nitrogen and oxygen atoms in total. The molecule has 0 atom stereocenters. The predicted octanol–water partition coefficient (Wildman–Crippen LogP) is 2.32. The molecule has 1 heterocycles. The number of piperidine rings is 1. The average Bonchev–Trinajstić information content (AvgIpc) is 2.51. The Morgan fingerprint density at radius 3 is 2.43 bits per heavy atom. The summed E-state index contributed by atoms with van der Waals surface area (Å²) in [5.41, 5.74) is 2.00. The smallest absolute Gasteiger partial charge is 0.238 e. The molecule has 1 aliphatic heterocycles. The summed E-state index contributed by atoms with van der Waals surface area (Å²) in [6.07, 6.45) is 1.30. The third kappa shape index (κ3) is 5.22. The van der Waals surface area contributed by atoms with E-state index in [1.165, 1.54) is 5.69 Å². The van der Waals surface area contributed by atoms with Crippen molar-refractivity contribution >= 4 is 17.3 Å². The maximum atomic E-state index is 12.1. The SMILES string of the molecule is CCN(c1ccc(NC(=O)CN2CCC(O)CC2)cc1)C(C)C. The van der Waals surface area contributed by atoms with Gasteiger partial charge < -0.3 is 15.3 Å². The molecule has 0 aliphatic carbocycles. The Labute approximate surface area is 139 Å². The lowest BCUT2D eigenvalue weighted by atomic mass is 10.1. The first-order valence-electron chi connectivity index (χ1n) is 8.56. The fraction of sp³-hybridized carbons (Fsp3) is 0.611. The summed E-state index contributed by atoms with van der Waals surface area (Å²) < 4.78 is 0. The number of benzene rings is 1. The molecule has 0 spiro atoms. The third-order valence-corrected chi connectivity index (χ3v) is 4.37. The van der Waals surface area contributed by atoms with Crippen LogP contribution < -0.4 is 10.2 Å². The number of amides is 1. The van der Waals surface area contributed by atoms with E-state index in [0.717, 1.165) is 38.2 Å². The van der Waals surface area contributed by atoms with Crippen molar-refractivity contribution in [3.8, 4) is 0 Å². The molecule has 1 aliphatic rings. The molecule has 2 rings (SSSR count). The second-order valence-electron chi connectivity index (χ2n) is 6.48. The van der Waals surface area contributed by atoms with E-state index in [-0.39, 0.29) is 12.0 Å². The Kier molecular flexibility index (Phi) is 6.42. The summed E-state index contributed by atoms with van der Waals surface area (Å²) >= 11 is 0. The highest BCUT2D eigenvalue weighted by Crippen LogP contribution is 2.20. The number of likely N-dealkylation sites (tertiary alicyclic amines) is 1. The zero-order valence-corrected chi connectivity index (χ0v) is 14.5. The number of hydrogen-bond acceptors (Lipinski definition) is 4. The lowest BCUT2D eigenvalue weighted by molar-refractivity contribution is -0.117. The fourth-order valence-corrected chi connectivity index (χ4v) is 3.06. The van der Waals surface area contributed by atoms with Crippen LogP contribution in [0.4, 0.5) is 11.4 Å². The number of carbonyl (C=O) groups is 1. The lowest BCUT2D eigenvalue weighted by Gasteiger charge is -2.29. The van der Waals surface area contributed by atoms with Gasteiger partial charge in [0, 0.05) is 37.1 Å². The Morgan fingerprint density at radius 2 is 1.91 bits per heavy atom. The van der Waals surface area contributed by atoms with Crippen LogP contribution in [0.2, 0.25) is 0 Å². The Balaban J connectivity index is 1.86. The standard InChI is InChI=1S/C18H29N3O2/c1-4-21(14(2)3)16-7-5-15(6-8-16)19-18(23)13-20-11-9-17(22)10-12-20/h5-8,14,17,22H,4,9-13H2,1-3H3,(H,19,23). The van der Waals surface area contributed by atoms with Crippen LogP contribution in [0.3, 0.4) is 0 Å². The van der Waals surface area contributed by atoms with E-state index in [2.05, 4.69) is 48.0 Å². The molecule has 0 aromatic heterocycles. The van der Waals surface area contributed by atoms with Crippen LogP contribution in [0, 0.1) is 0 Å². The van der Waals surface area contributed by atoms with E-state index < -0.39 is 0 Å². The van der Waals surface area contributed by atoms with Crippen LogP contribution in [0.15, 0.2) is 24.3 Å². The van der Waals surface area contributed by atoms with Crippen LogP contribution >= 0.6 is 0 Å². The highest BCUT2D eigenvalue weighted by molar-refractivity contribution is 5.92. The minimum absolute atomic E-state index is 0.00495. The average molecular weight is 319 g/mol. The summed E-state index contributed by atoms with van der Waals surface area (Å²) in [5, 5.41) is 12.4. The highest BCUT2D eigenvalue weighted by atomic mass is 16.3.